The second kappa shape index (κ2) is 7.97. The predicted octanol–water partition coefficient (Wildman–Crippen LogP) is 3.62. The van der Waals surface area contributed by atoms with Gasteiger partial charge in [-0.15, -0.1) is 0 Å². The topological polar surface area (TPSA) is 66.7 Å². The summed E-state index contributed by atoms with van der Waals surface area (Å²) in [6.07, 6.45) is -4.39. The van der Waals surface area contributed by atoms with Crippen molar-refractivity contribution in [1.82, 2.24) is 4.90 Å². The number of Topliss-reactive ketones (excluding diaryl/α,β-unsaturated/α-hetero) is 1. The Morgan fingerprint density at radius 2 is 1.71 bits per heavy atom. The molecule has 0 radical (unpaired) electrons. The van der Waals surface area contributed by atoms with Gasteiger partial charge in [-0.25, -0.2) is 0 Å². The molecule has 0 bridgehead atoms. The maximum Gasteiger partial charge on any atom is 0.416 e. The van der Waals surface area contributed by atoms with Gasteiger partial charge in [0.05, 0.1) is 17.0 Å². The molecule has 1 heterocycles. The number of ketones is 1. The van der Waals surface area contributed by atoms with Gasteiger partial charge in [0.15, 0.2) is 5.78 Å². The fourth-order valence-corrected chi connectivity index (χ4v) is 3.13. The Morgan fingerprint density at radius 3 is 2.36 bits per heavy atom. The Bertz CT molecular complexity index is 878. The third-order valence-electron chi connectivity index (χ3n) is 4.66. The molecule has 1 saturated heterocycles. The zero-order chi connectivity index (χ0) is 20.3. The largest absolute Gasteiger partial charge is 0.416 e. The van der Waals surface area contributed by atoms with Gasteiger partial charge in [0, 0.05) is 49.6 Å². The number of hydrogen-bond donors (Lipinski definition) is 0. The number of piperazine rings is 1. The van der Waals surface area contributed by atoms with Crippen molar-refractivity contribution in [3.63, 3.8) is 0 Å². The molecule has 0 saturated carbocycles. The molecule has 0 atom stereocenters. The molecule has 0 N–H and O–H groups in total. The van der Waals surface area contributed by atoms with E-state index in [0.29, 0.717) is 31.9 Å². The lowest BCUT2D eigenvalue weighted by Gasteiger charge is -2.36. The Balaban J connectivity index is 1.59. The number of nitro groups is 1. The van der Waals surface area contributed by atoms with Gasteiger partial charge in [0.1, 0.15) is 0 Å². The lowest BCUT2D eigenvalue weighted by molar-refractivity contribution is -0.384. The second-order valence-electron chi connectivity index (χ2n) is 6.54. The van der Waals surface area contributed by atoms with E-state index in [1.165, 1.54) is 30.3 Å². The van der Waals surface area contributed by atoms with Crippen molar-refractivity contribution in [3.8, 4) is 0 Å². The number of hydrogen-bond acceptors (Lipinski definition) is 5. The number of nitro benzene ring substituents is 1. The number of anilines is 1. The number of carbonyl (C=O) groups excluding carboxylic acids is 1. The van der Waals surface area contributed by atoms with Crippen molar-refractivity contribution in [2.24, 2.45) is 0 Å². The first kappa shape index (κ1) is 19.8. The number of carbonyl (C=O) groups is 1. The van der Waals surface area contributed by atoms with Gasteiger partial charge >= 0.3 is 6.18 Å². The SMILES string of the molecule is O=C(CN1CCN(c2cccc(C(F)(F)F)c2)CC1)c1cccc([N+](=O)[O-])c1. The minimum Gasteiger partial charge on any atom is -0.369 e. The monoisotopic (exact) mass is 393 g/mol. The lowest BCUT2D eigenvalue weighted by Crippen LogP contribution is -2.48. The fraction of sp³-hybridized carbons (Fsp3) is 0.316. The van der Waals surface area contributed by atoms with E-state index in [1.54, 1.807) is 6.07 Å². The van der Waals surface area contributed by atoms with Crippen LogP contribution in [0.25, 0.3) is 0 Å². The molecule has 6 nitrogen and oxygen atoms in total. The van der Waals surface area contributed by atoms with E-state index >= 15 is 0 Å². The Morgan fingerprint density at radius 1 is 1.04 bits per heavy atom. The predicted molar refractivity (Wildman–Crippen MR) is 97.5 cm³/mol. The molecule has 3 rings (SSSR count). The van der Waals surface area contributed by atoms with Crippen LogP contribution in [-0.4, -0.2) is 48.3 Å². The van der Waals surface area contributed by atoms with Crippen molar-refractivity contribution < 1.29 is 22.9 Å². The van der Waals surface area contributed by atoms with Crippen LogP contribution >= 0.6 is 0 Å². The minimum atomic E-state index is -4.39. The third kappa shape index (κ3) is 4.66. The average molecular weight is 393 g/mol. The normalized spacial score (nSPS) is 15.5. The van der Waals surface area contributed by atoms with Gasteiger partial charge in [0.25, 0.3) is 5.69 Å². The Hall–Kier alpha value is -2.94. The fourth-order valence-electron chi connectivity index (χ4n) is 3.13. The highest BCUT2D eigenvalue weighted by atomic mass is 19.4. The number of rotatable bonds is 5. The first-order valence-electron chi connectivity index (χ1n) is 8.66. The van der Waals surface area contributed by atoms with E-state index < -0.39 is 16.7 Å². The maximum absolute atomic E-state index is 12.9. The standard InChI is InChI=1S/C19H18F3N3O3/c20-19(21,22)15-4-2-5-16(12-15)24-9-7-23(8-10-24)13-18(26)14-3-1-6-17(11-14)25(27)28/h1-6,11-12H,7-10,13H2. The van der Waals surface area contributed by atoms with Gasteiger partial charge in [-0.3, -0.25) is 19.8 Å². The van der Waals surface area contributed by atoms with Crippen molar-refractivity contribution in [1.29, 1.82) is 0 Å². The quantitative estimate of drug-likeness (QED) is 0.441. The highest BCUT2D eigenvalue weighted by molar-refractivity contribution is 5.98. The molecule has 1 aliphatic heterocycles. The summed E-state index contributed by atoms with van der Waals surface area (Å²) in [6.45, 7) is 2.11. The summed E-state index contributed by atoms with van der Waals surface area (Å²) in [5.74, 6) is -0.226. The summed E-state index contributed by atoms with van der Waals surface area (Å²) in [4.78, 5) is 26.4. The van der Waals surface area contributed by atoms with E-state index in [0.717, 1.165) is 12.1 Å². The second-order valence-corrected chi connectivity index (χ2v) is 6.54. The molecular weight excluding hydrogens is 375 g/mol. The van der Waals surface area contributed by atoms with Gasteiger partial charge in [-0.05, 0) is 18.2 Å². The zero-order valence-corrected chi connectivity index (χ0v) is 14.9. The Kier molecular flexibility index (Phi) is 5.64. The highest BCUT2D eigenvalue weighted by Crippen LogP contribution is 2.31. The molecule has 0 unspecified atom stereocenters. The van der Waals surface area contributed by atoms with Crippen LogP contribution in [0.5, 0.6) is 0 Å². The molecule has 148 valence electrons. The molecule has 1 aliphatic rings. The summed E-state index contributed by atoms with van der Waals surface area (Å²) in [5.41, 5.74) is -0.0533. The summed E-state index contributed by atoms with van der Waals surface area (Å²) in [5, 5.41) is 10.8. The molecule has 0 spiro atoms. The van der Waals surface area contributed by atoms with Crippen LogP contribution in [0.3, 0.4) is 0 Å². The van der Waals surface area contributed by atoms with Crippen LogP contribution in [0.2, 0.25) is 0 Å². The van der Waals surface area contributed by atoms with E-state index in [4.69, 9.17) is 0 Å². The molecule has 28 heavy (non-hydrogen) atoms. The summed E-state index contributed by atoms with van der Waals surface area (Å²) in [6, 6.07) is 10.8. The molecule has 0 aromatic heterocycles. The smallest absolute Gasteiger partial charge is 0.369 e. The van der Waals surface area contributed by atoms with Gasteiger partial charge in [-0.1, -0.05) is 18.2 Å². The van der Waals surface area contributed by atoms with Crippen molar-refractivity contribution >= 4 is 17.2 Å². The van der Waals surface area contributed by atoms with Crippen molar-refractivity contribution in [3.05, 3.63) is 69.8 Å². The van der Waals surface area contributed by atoms with Crippen LogP contribution in [0.4, 0.5) is 24.5 Å². The molecule has 0 aliphatic carbocycles. The van der Waals surface area contributed by atoms with Gasteiger partial charge in [0.2, 0.25) is 0 Å². The number of benzene rings is 2. The lowest BCUT2D eigenvalue weighted by atomic mass is 10.1. The molecule has 1 fully saturated rings. The van der Waals surface area contributed by atoms with E-state index in [-0.39, 0.29) is 23.6 Å². The zero-order valence-electron chi connectivity index (χ0n) is 14.9. The molecule has 2 aromatic rings. The van der Waals surface area contributed by atoms with Crippen LogP contribution in [-0.2, 0) is 6.18 Å². The number of non-ortho nitro benzene ring substituents is 1. The first-order valence-corrected chi connectivity index (χ1v) is 8.66. The van der Waals surface area contributed by atoms with E-state index in [9.17, 15) is 28.1 Å². The highest BCUT2D eigenvalue weighted by Gasteiger charge is 2.31. The van der Waals surface area contributed by atoms with Gasteiger partial charge in [-0.2, -0.15) is 13.2 Å². The Labute approximate surface area is 159 Å². The van der Waals surface area contributed by atoms with Gasteiger partial charge < -0.3 is 4.90 Å². The van der Waals surface area contributed by atoms with Crippen LogP contribution in [0, 0.1) is 10.1 Å². The van der Waals surface area contributed by atoms with Crippen LogP contribution < -0.4 is 4.90 Å². The molecular formula is C19H18F3N3O3. The summed E-state index contributed by atoms with van der Waals surface area (Å²) >= 11 is 0. The molecule has 0 amide bonds. The van der Waals surface area contributed by atoms with Crippen molar-refractivity contribution in [2.75, 3.05) is 37.6 Å². The van der Waals surface area contributed by atoms with Crippen molar-refractivity contribution in [2.45, 2.75) is 6.18 Å². The molecule has 2 aromatic carbocycles. The number of alkyl halides is 3. The van der Waals surface area contributed by atoms with Crippen LogP contribution in [0.1, 0.15) is 15.9 Å². The minimum absolute atomic E-state index is 0.109. The van der Waals surface area contributed by atoms with Crippen LogP contribution in [0.15, 0.2) is 48.5 Å². The number of halogens is 3. The third-order valence-corrected chi connectivity index (χ3v) is 4.66. The first-order chi connectivity index (χ1) is 13.2. The molecule has 9 heteroatoms. The summed E-state index contributed by atoms with van der Waals surface area (Å²) < 4.78 is 38.6. The maximum atomic E-state index is 12.9. The number of nitrogens with zero attached hydrogens (tertiary/aromatic N) is 3. The van der Waals surface area contributed by atoms with E-state index in [2.05, 4.69) is 0 Å². The van der Waals surface area contributed by atoms with E-state index in [1.807, 2.05) is 9.80 Å². The average Bonchev–Trinajstić information content (AvgIpc) is 2.68. The summed E-state index contributed by atoms with van der Waals surface area (Å²) in [7, 11) is 0.